The molecule has 0 spiro atoms. The molecule has 0 aliphatic heterocycles. The van der Waals surface area contributed by atoms with Crippen LogP contribution in [0.15, 0.2) is 17.2 Å². The Kier molecular flexibility index (Phi) is 3.76. The lowest BCUT2D eigenvalue weighted by Gasteiger charge is -2.12. The Labute approximate surface area is 77.2 Å². The molecule has 13 heavy (non-hydrogen) atoms. The molecule has 1 aromatic rings. The second-order valence-corrected chi connectivity index (χ2v) is 3.20. The van der Waals surface area contributed by atoms with Crippen molar-refractivity contribution < 1.29 is 5.11 Å². The van der Waals surface area contributed by atoms with E-state index >= 15 is 0 Å². The highest BCUT2D eigenvalue weighted by molar-refractivity contribution is 4.76. The molecule has 1 heterocycles. The molecule has 4 heteroatoms. The molecule has 0 aliphatic rings. The van der Waals surface area contributed by atoms with Gasteiger partial charge < -0.3 is 10.1 Å². The Hall–Kier alpha value is -1.03. The highest BCUT2D eigenvalue weighted by Gasteiger charge is 2.07. The Balaban J connectivity index is 2.56. The third kappa shape index (κ3) is 2.73. The lowest BCUT2D eigenvalue weighted by atomic mass is 10.0. The third-order valence-corrected chi connectivity index (χ3v) is 2.29. The number of nitrogens with zero attached hydrogens (tertiary/aromatic N) is 1. The summed E-state index contributed by atoms with van der Waals surface area (Å²) in [4.78, 5) is 13.7. The van der Waals surface area contributed by atoms with Gasteiger partial charge in [0.05, 0.1) is 0 Å². The van der Waals surface area contributed by atoms with Crippen LogP contribution in [0.2, 0.25) is 0 Å². The van der Waals surface area contributed by atoms with Crippen LogP contribution in [-0.4, -0.2) is 21.3 Å². The van der Waals surface area contributed by atoms with Gasteiger partial charge in [-0.25, -0.2) is 4.79 Å². The molecule has 0 radical (unpaired) electrons. The lowest BCUT2D eigenvalue weighted by Crippen LogP contribution is -2.21. The predicted octanol–water partition coefficient (Wildman–Crippen LogP) is 0.585. The molecule has 1 aromatic heterocycles. The topological polar surface area (TPSA) is 58.0 Å². The van der Waals surface area contributed by atoms with Crippen LogP contribution in [0.5, 0.6) is 0 Å². The van der Waals surface area contributed by atoms with Gasteiger partial charge in [-0.2, -0.15) is 0 Å². The minimum absolute atomic E-state index is 0.0728. The number of aliphatic hydroxyl groups excluding tert-OH is 1. The molecule has 0 saturated carbocycles. The Morgan fingerprint density at radius 2 is 2.46 bits per heavy atom. The second kappa shape index (κ2) is 4.87. The van der Waals surface area contributed by atoms with Crippen LogP contribution in [0.25, 0.3) is 0 Å². The van der Waals surface area contributed by atoms with Gasteiger partial charge in [-0.1, -0.05) is 13.3 Å². The minimum Gasteiger partial charge on any atom is -0.396 e. The van der Waals surface area contributed by atoms with Crippen molar-refractivity contribution in [3.63, 3.8) is 0 Å². The number of imidazole rings is 1. The maximum Gasteiger partial charge on any atom is 0.325 e. The fourth-order valence-corrected chi connectivity index (χ4v) is 1.38. The summed E-state index contributed by atoms with van der Waals surface area (Å²) in [7, 11) is 0. The summed E-state index contributed by atoms with van der Waals surface area (Å²) in [6, 6.07) is 0. The first-order valence-electron chi connectivity index (χ1n) is 4.62. The van der Waals surface area contributed by atoms with Crippen molar-refractivity contribution >= 4 is 0 Å². The fraction of sp³-hybridized carbons (Fsp3) is 0.667. The van der Waals surface area contributed by atoms with E-state index < -0.39 is 0 Å². The van der Waals surface area contributed by atoms with E-state index in [1.807, 2.05) is 0 Å². The molecule has 0 saturated heterocycles. The summed E-state index contributed by atoms with van der Waals surface area (Å²) < 4.78 is 1.64. The maximum absolute atomic E-state index is 11.1. The fourth-order valence-electron chi connectivity index (χ4n) is 1.38. The zero-order chi connectivity index (χ0) is 9.68. The molecule has 1 unspecified atom stereocenters. The van der Waals surface area contributed by atoms with Crippen molar-refractivity contribution in [1.82, 2.24) is 9.55 Å². The SMILES string of the molecule is CCC(CCO)Cn1cc[nH]c1=O. The van der Waals surface area contributed by atoms with Gasteiger partial charge in [-0.15, -0.1) is 0 Å². The quantitative estimate of drug-likeness (QED) is 0.703. The van der Waals surface area contributed by atoms with Crippen molar-refractivity contribution in [2.24, 2.45) is 5.92 Å². The van der Waals surface area contributed by atoms with E-state index in [2.05, 4.69) is 11.9 Å². The molecule has 1 rings (SSSR count). The van der Waals surface area contributed by atoms with Gasteiger partial charge in [-0.3, -0.25) is 4.57 Å². The van der Waals surface area contributed by atoms with Crippen molar-refractivity contribution in [2.75, 3.05) is 6.61 Å². The summed E-state index contributed by atoms with van der Waals surface area (Å²) in [6.45, 7) is 2.95. The second-order valence-electron chi connectivity index (χ2n) is 3.20. The summed E-state index contributed by atoms with van der Waals surface area (Å²) in [5, 5.41) is 8.77. The van der Waals surface area contributed by atoms with E-state index in [-0.39, 0.29) is 12.3 Å². The van der Waals surface area contributed by atoms with Crippen LogP contribution in [0.4, 0.5) is 0 Å². The molecule has 0 fully saturated rings. The molecular formula is C9H16N2O2. The van der Waals surface area contributed by atoms with E-state index in [1.165, 1.54) is 0 Å². The Morgan fingerprint density at radius 3 is 2.92 bits per heavy atom. The number of aliphatic hydroxyl groups is 1. The monoisotopic (exact) mass is 184 g/mol. The molecule has 0 aromatic carbocycles. The first-order valence-corrected chi connectivity index (χ1v) is 4.62. The van der Waals surface area contributed by atoms with Crippen LogP contribution >= 0.6 is 0 Å². The van der Waals surface area contributed by atoms with E-state index in [0.29, 0.717) is 12.5 Å². The van der Waals surface area contributed by atoms with E-state index in [9.17, 15) is 4.79 Å². The highest BCUT2D eigenvalue weighted by atomic mass is 16.3. The number of rotatable bonds is 5. The van der Waals surface area contributed by atoms with Crippen molar-refractivity contribution in [3.8, 4) is 0 Å². The van der Waals surface area contributed by atoms with Crippen LogP contribution in [-0.2, 0) is 6.54 Å². The van der Waals surface area contributed by atoms with Gasteiger partial charge in [0.1, 0.15) is 0 Å². The number of hydrogen-bond acceptors (Lipinski definition) is 2. The van der Waals surface area contributed by atoms with E-state index in [0.717, 1.165) is 12.8 Å². The first-order chi connectivity index (χ1) is 6.27. The van der Waals surface area contributed by atoms with Crippen LogP contribution in [0.3, 0.4) is 0 Å². The molecule has 2 N–H and O–H groups in total. The number of aromatic amines is 1. The number of nitrogens with one attached hydrogen (secondary N) is 1. The van der Waals surface area contributed by atoms with Gasteiger partial charge in [0.25, 0.3) is 0 Å². The van der Waals surface area contributed by atoms with Crippen LogP contribution < -0.4 is 5.69 Å². The van der Waals surface area contributed by atoms with Crippen molar-refractivity contribution in [3.05, 3.63) is 22.9 Å². The minimum atomic E-state index is -0.0728. The molecule has 0 bridgehead atoms. The van der Waals surface area contributed by atoms with Crippen LogP contribution in [0, 0.1) is 5.92 Å². The molecule has 0 amide bonds. The third-order valence-electron chi connectivity index (χ3n) is 2.29. The normalized spacial score (nSPS) is 13.1. The average molecular weight is 184 g/mol. The maximum atomic E-state index is 11.1. The summed E-state index contributed by atoms with van der Waals surface area (Å²) in [6.07, 6.45) is 5.11. The van der Waals surface area contributed by atoms with Crippen LogP contribution in [0.1, 0.15) is 19.8 Å². The van der Waals surface area contributed by atoms with Crippen molar-refractivity contribution in [1.29, 1.82) is 0 Å². The zero-order valence-corrected chi connectivity index (χ0v) is 7.86. The summed E-state index contributed by atoms with van der Waals surface area (Å²) >= 11 is 0. The van der Waals surface area contributed by atoms with Gasteiger partial charge in [0, 0.05) is 25.5 Å². The Bertz CT molecular complexity index is 290. The summed E-state index contributed by atoms with van der Waals surface area (Å²) in [5.41, 5.74) is -0.0728. The van der Waals surface area contributed by atoms with Gasteiger partial charge in [0.2, 0.25) is 0 Å². The number of hydrogen-bond donors (Lipinski definition) is 2. The molecule has 0 aliphatic carbocycles. The zero-order valence-electron chi connectivity index (χ0n) is 7.86. The number of H-pyrrole nitrogens is 1. The van der Waals surface area contributed by atoms with E-state index in [4.69, 9.17) is 5.11 Å². The molecular weight excluding hydrogens is 168 g/mol. The lowest BCUT2D eigenvalue weighted by molar-refractivity contribution is 0.243. The number of aromatic nitrogens is 2. The van der Waals surface area contributed by atoms with Gasteiger partial charge in [-0.05, 0) is 12.3 Å². The molecule has 1 atom stereocenters. The summed E-state index contributed by atoms with van der Waals surface area (Å²) in [5.74, 6) is 0.387. The first kappa shape index (κ1) is 10.1. The van der Waals surface area contributed by atoms with Gasteiger partial charge in [0.15, 0.2) is 0 Å². The van der Waals surface area contributed by atoms with Gasteiger partial charge >= 0.3 is 5.69 Å². The smallest absolute Gasteiger partial charge is 0.325 e. The highest BCUT2D eigenvalue weighted by Crippen LogP contribution is 2.09. The molecule has 4 nitrogen and oxygen atoms in total. The standard InChI is InChI=1S/C9H16N2O2/c1-2-8(3-6-12)7-11-5-4-10-9(11)13/h4-5,8,12H,2-3,6-7H2,1H3,(H,10,13). The average Bonchev–Trinajstić information content (AvgIpc) is 2.51. The molecule has 74 valence electrons. The van der Waals surface area contributed by atoms with E-state index in [1.54, 1.807) is 17.0 Å². The van der Waals surface area contributed by atoms with Crippen molar-refractivity contribution in [2.45, 2.75) is 26.3 Å². The largest absolute Gasteiger partial charge is 0.396 e. The Morgan fingerprint density at radius 1 is 1.69 bits per heavy atom. The predicted molar refractivity (Wildman–Crippen MR) is 50.5 cm³/mol.